The van der Waals surface area contributed by atoms with Gasteiger partial charge in [0.2, 0.25) is 0 Å². The molecule has 2 aromatic carbocycles. The van der Waals surface area contributed by atoms with Gasteiger partial charge in [-0.2, -0.15) is 0 Å². The van der Waals surface area contributed by atoms with Crippen molar-refractivity contribution in [2.45, 2.75) is 33.2 Å². The molecule has 0 saturated carbocycles. The van der Waals surface area contributed by atoms with Crippen molar-refractivity contribution in [3.8, 4) is 0 Å². The van der Waals surface area contributed by atoms with Crippen molar-refractivity contribution in [1.82, 2.24) is 4.98 Å². The number of anilines is 1. The van der Waals surface area contributed by atoms with Crippen LogP contribution in [0.1, 0.15) is 35.5 Å². The Bertz CT molecular complexity index is 744. The number of aryl methyl sites for hydroxylation is 2. The SMILES string of the molecule is CCC(Nc1ccc2nc(C)sc2c1)c1ccc(C)cc1. The monoisotopic (exact) mass is 296 g/mol. The third kappa shape index (κ3) is 3.08. The highest BCUT2D eigenvalue weighted by Gasteiger charge is 2.10. The van der Waals surface area contributed by atoms with Crippen LogP contribution in [0.4, 0.5) is 5.69 Å². The summed E-state index contributed by atoms with van der Waals surface area (Å²) in [6, 6.07) is 15.6. The van der Waals surface area contributed by atoms with E-state index in [4.69, 9.17) is 0 Å². The summed E-state index contributed by atoms with van der Waals surface area (Å²) >= 11 is 1.75. The van der Waals surface area contributed by atoms with Gasteiger partial charge in [0.25, 0.3) is 0 Å². The van der Waals surface area contributed by atoms with Crippen LogP contribution < -0.4 is 5.32 Å². The summed E-state index contributed by atoms with van der Waals surface area (Å²) in [7, 11) is 0. The summed E-state index contributed by atoms with van der Waals surface area (Å²) in [6.07, 6.45) is 1.06. The fourth-order valence-corrected chi connectivity index (χ4v) is 3.42. The molecule has 0 saturated heterocycles. The highest BCUT2D eigenvalue weighted by Crippen LogP contribution is 2.28. The van der Waals surface area contributed by atoms with E-state index >= 15 is 0 Å². The van der Waals surface area contributed by atoms with Gasteiger partial charge in [-0.05, 0) is 44.0 Å². The van der Waals surface area contributed by atoms with E-state index in [1.54, 1.807) is 11.3 Å². The molecule has 0 aliphatic heterocycles. The molecule has 0 radical (unpaired) electrons. The molecule has 1 aromatic heterocycles. The number of hydrogen-bond donors (Lipinski definition) is 1. The van der Waals surface area contributed by atoms with E-state index in [2.05, 4.69) is 73.5 Å². The third-order valence-corrected chi connectivity index (χ3v) is 4.66. The second kappa shape index (κ2) is 5.86. The van der Waals surface area contributed by atoms with Gasteiger partial charge in [0, 0.05) is 5.69 Å². The van der Waals surface area contributed by atoms with Crippen molar-refractivity contribution >= 4 is 27.2 Å². The molecular weight excluding hydrogens is 276 g/mol. The molecule has 3 heteroatoms. The van der Waals surface area contributed by atoms with Crippen molar-refractivity contribution in [2.75, 3.05) is 5.32 Å². The number of benzene rings is 2. The molecule has 3 aromatic rings. The first kappa shape index (κ1) is 14.1. The lowest BCUT2D eigenvalue weighted by Crippen LogP contribution is -2.09. The van der Waals surface area contributed by atoms with Crippen molar-refractivity contribution < 1.29 is 0 Å². The van der Waals surface area contributed by atoms with E-state index in [9.17, 15) is 0 Å². The molecule has 21 heavy (non-hydrogen) atoms. The van der Waals surface area contributed by atoms with Crippen LogP contribution in [0.2, 0.25) is 0 Å². The smallest absolute Gasteiger partial charge is 0.0907 e. The average Bonchev–Trinajstić information content (AvgIpc) is 2.85. The highest BCUT2D eigenvalue weighted by molar-refractivity contribution is 7.18. The van der Waals surface area contributed by atoms with Gasteiger partial charge >= 0.3 is 0 Å². The second-order valence-corrected chi connectivity index (χ2v) is 6.67. The fraction of sp³-hybridized carbons (Fsp3) is 0.278. The molecule has 1 N–H and O–H groups in total. The Labute approximate surface area is 129 Å². The first-order valence-corrected chi connectivity index (χ1v) is 8.17. The number of fused-ring (bicyclic) bond motifs is 1. The number of nitrogens with one attached hydrogen (secondary N) is 1. The zero-order chi connectivity index (χ0) is 14.8. The topological polar surface area (TPSA) is 24.9 Å². The maximum atomic E-state index is 4.51. The lowest BCUT2D eigenvalue weighted by atomic mass is 10.0. The number of thiazole rings is 1. The summed E-state index contributed by atoms with van der Waals surface area (Å²) in [6.45, 7) is 6.39. The third-order valence-electron chi connectivity index (χ3n) is 3.72. The van der Waals surface area contributed by atoms with E-state index in [-0.39, 0.29) is 0 Å². The molecule has 108 valence electrons. The number of hydrogen-bond acceptors (Lipinski definition) is 3. The molecule has 0 aliphatic rings. The first-order valence-electron chi connectivity index (χ1n) is 7.36. The Hall–Kier alpha value is -1.87. The van der Waals surface area contributed by atoms with E-state index in [1.807, 2.05) is 0 Å². The average molecular weight is 296 g/mol. The van der Waals surface area contributed by atoms with Gasteiger partial charge < -0.3 is 5.32 Å². The van der Waals surface area contributed by atoms with Gasteiger partial charge in [-0.15, -0.1) is 11.3 Å². The summed E-state index contributed by atoms with van der Waals surface area (Å²) in [5, 5.41) is 4.76. The van der Waals surface area contributed by atoms with Gasteiger partial charge in [0.05, 0.1) is 21.3 Å². The Morgan fingerprint density at radius 1 is 1.10 bits per heavy atom. The predicted octanol–water partition coefficient (Wildman–Crippen LogP) is 5.48. The van der Waals surface area contributed by atoms with Crippen molar-refractivity contribution in [3.05, 3.63) is 58.6 Å². The number of rotatable bonds is 4. The molecule has 0 aliphatic carbocycles. The number of aromatic nitrogens is 1. The largest absolute Gasteiger partial charge is 0.378 e. The minimum atomic E-state index is 0.345. The summed E-state index contributed by atoms with van der Waals surface area (Å²) in [5.41, 5.74) is 4.89. The second-order valence-electron chi connectivity index (χ2n) is 5.43. The lowest BCUT2D eigenvalue weighted by Gasteiger charge is -2.19. The standard InChI is InChI=1S/C18H20N2S/c1-4-16(14-7-5-12(2)6-8-14)20-15-9-10-17-18(11-15)21-13(3)19-17/h5-11,16,20H,4H2,1-3H3. The highest BCUT2D eigenvalue weighted by atomic mass is 32.1. The minimum Gasteiger partial charge on any atom is -0.378 e. The first-order chi connectivity index (χ1) is 10.2. The van der Waals surface area contributed by atoms with Gasteiger partial charge in [0.1, 0.15) is 0 Å². The van der Waals surface area contributed by atoms with Gasteiger partial charge in [-0.25, -0.2) is 4.98 Å². The summed E-state index contributed by atoms with van der Waals surface area (Å²) in [4.78, 5) is 4.51. The van der Waals surface area contributed by atoms with Crippen molar-refractivity contribution in [1.29, 1.82) is 0 Å². The molecule has 3 rings (SSSR count). The predicted molar refractivity (Wildman–Crippen MR) is 92.2 cm³/mol. The molecule has 0 bridgehead atoms. The van der Waals surface area contributed by atoms with Gasteiger partial charge in [-0.1, -0.05) is 36.8 Å². The molecule has 2 nitrogen and oxygen atoms in total. The van der Waals surface area contributed by atoms with Gasteiger partial charge in [-0.3, -0.25) is 0 Å². The normalized spacial score (nSPS) is 12.5. The Morgan fingerprint density at radius 3 is 2.57 bits per heavy atom. The fourth-order valence-electron chi connectivity index (χ4n) is 2.55. The van der Waals surface area contributed by atoms with Crippen LogP contribution in [0.25, 0.3) is 10.2 Å². The lowest BCUT2D eigenvalue weighted by molar-refractivity contribution is 0.749. The molecule has 0 spiro atoms. The summed E-state index contributed by atoms with van der Waals surface area (Å²) in [5.74, 6) is 0. The van der Waals surface area contributed by atoms with Crippen molar-refractivity contribution in [3.63, 3.8) is 0 Å². The Balaban J connectivity index is 1.86. The molecular formula is C18H20N2S. The molecule has 1 unspecified atom stereocenters. The Kier molecular flexibility index (Phi) is 3.93. The van der Waals surface area contributed by atoms with E-state index in [0.29, 0.717) is 6.04 Å². The van der Waals surface area contributed by atoms with E-state index in [0.717, 1.165) is 16.9 Å². The maximum absolute atomic E-state index is 4.51. The van der Waals surface area contributed by atoms with Crippen LogP contribution in [-0.2, 0) is 0 Å². The van der Waals surface area contributed by atoms with E-state index in [1.165, 1.54) is 21.5 Å². The molecule has 1 atom stereocenters. The molecule has 0 amide bonds. The maximum Gasteiger partial charge on any atom is 0.0907 e. The summed E-state index contributed by atoms with van der Waals surface area (Å²) < 4.78 is 1.25. The quantitative estimate of drug-likeness (QED) is 0.690. The van der Waals surface area contributed by atoms with E-state index < -0.39 is 0 Å². The Morgan fingerprint density at radius 2 is 1.86 bits per heavy atom. The zero-order valence-corrected chi connectivity index (χ0v) is 13.5. The molecule has 0 fully saturated rings. The van der Waals surface area contributed by atoms with Crippen LogP contribution in [0.15, 0.2) is 42.5 Å². The zero-order valence-electron chi connectivity index (χ0n) is 12.7. The van der Waals surface area contributed by atoms with Gasteiger partial charge in [0.15, 0.2) is 0 Å². The molecule has 1 heterocycles. The van der Waals surface area contributed by atoms with Crippen LogP contribution in [0, 0.1) is 13.8 Å². The van der Waals surface area contributed by atoms with Crippen LogP contribution >= 0.6 is 11.3 Å². The van der Waals surface area contributed by atoms with Crippen LogP contribution in [0.5, 0.6) is 0 Å². The number of nitrogens with zero attached hydrogens (tertiary/aromatic N) is 1. The van der Waals surface area contributed by atoms with Crippen LogP contribution in [-0.4, -0.2) is 4.98 Å². The minimum absolute atomic E-state index is 0.345. The van der Waals surface area contributed by atoms with Crippen molar-refractivity contribution in [2.24, 2.45) is 0 Å². The van der Waals surface area contributed by atoms with Crippen LogP contribution in [0.3, 0.4) is 0 Å².